The van der Waals surface area contributed by atoms with E-state index in [4.69, 9.17) is 10.7 Å². The molecule has 0 aromatic heterocycles. The fourth-order valence-electron chi connectivity index (χ4n) is 3.65. The summed E-state index contributed by atoms with van der Waals surface area (Å²) in [7, 11) is 2.10. The highest BCUT2D eigenvalue weighted by Crippen LogP contribution is 2.28. The third-order valence-electron chi connectivity index (χ3n) is 5.41. The molecule has 0 unspecified atom stereocenters. The van der Waals surface area contributed by atoms with Gasteiger partial charge in [-0.15, -0.1) is 0 Å². The summed E-state index contributed by atoms with van der Waals surface area (Å²) in [6.07, 6.45) is 5.24. The first-order valence-electron chi connectivity index (χ1n) is 10.5. The smallest absolute Gasteiger partial charge is 0.251 e. The average molecular weight is 402 g/mol. The van der Waals surface area contributed by atoms with Crippen LogP contribution in [0.1, 0.15) is 55.5 Å². The summed E-state index contributed by atoms with van der Waals surface area (Å²) < 4.78 is 0. The van der Waals surface area contributed by atoms with Gasteiger partial charge in [-0.05, 0) is 49.3 Å². The van der Waals surface area contributed by atoms with Crippen molar-refractivity contribution < 1.29 is 9.59 Å². The predicted octanol–water partition coefficient (Wildman–Crippen LogP) is 2.13. The molecule has 0 radical (unpaired) electrons. The van der Waals surface area contributed by atoms with Gasteiger partial charge in [0.05, 0.1) is 13.1 Å². The maximum atomic E-state index is 11.9. The second kappa shape index (κ2) is 11.4. The zero-order chi connectivity index (χ0) is 21.2. The van der Waals surface area contributed by atoms with Crippen molar-refractivity contribution in [2.75, 3.05) is 26.7 Å². The highest BCUT2D eigenvalue weighted by Gasteiger charge is 2.20. The first-order chi connectivity index (χ1) is 13.9. The summed E-state index contributed by atoms with van der Waals surface area (Å²) in [4.78, 5) is 29.7. The van der Waals surface area contributed by atoms with Crippen molar-refractivity contribution in [3.05, 3.63) is 35.4 Å². The Morgan fingerprint density at radius 1 is 1.14 bits per heavy atom. The molecule has 4 N–H and O–H groups in total. The minimum Gasteiger partial charge on any atom is -0.368 e. The third kappa shape index (κ3) is 7.75. The van der Waals surface area contributed by atoms with Gasteiger partial charge in [0.2, 0.25) is 5.91 Å². The van der Waals surface area contributed by atoms with Crippen LogP contribution in [-0.2, 0) is 11.3 Å². The van der Waals surface area contributed by atoms with E-state index >= 15 is 0 Å². The molecule has 7 heteroatoms. The van der Waals surface area contributed by atoms with Crippen LogP contribution in [0.5, 0.6) is 0 Å². The van der Waals surface area contributed by atoms with Crippen LogP contribution in [0.4, 0.5) is 0 Å². The van der Waals surface area contributed by atoms with Gasteiger partial charge in [0, 0.05) is 25.7 Å². The van der Waals surface area contributed by atoms with Crippen molar-refractivity contribution in [3.63, 3.8) is 0 Å². The molecule has 160 valence electrons. The number of hydrogen-bond donors (Lipinski definition) is 3. The van der Waals surface area contributed by atoms with Crippen molar-refractivity contribution in [1.29, 1.82) is 0 Å². The molecule has 29 heavy (non-hydrogen) atoms. The van der Waals surface area contributed by atoms with Gasteiger partial charge in [-0.3, -0.25) is 9.59 Å². The molecule has 2 rings (SSSR count). The Hall–Kier alpha value is -2.57. The van der Waals surface area contributed by atoms with E-state index in [0.717, 1.165) is 36.4 Å². The summed E-state index contributed by atoms with van der Waals surface area (Å²) in [5.41, 5.74) is 6.56. The van der Waals surface area contributed by atoms with Gasteiger partial charge in [-0.1, -0.05) is 31.9 Å². The number of hydrogen-bond acceptors (Lipinski definition) is 3. The number of guanidine groups is 1. The van der Waals surface area contributed by atoms with Gasteiger partial charge in [0.1, 0.15) is 0 Å². The molecule has 0 atom stereocenters. The SMILES string of the molecule is CCNC(=NCc1ccc(C(=O)NCC(N)=O)cc1)N(C)CC1CCC(C)CC1. The summed E-state index contributed by atoms with van der Waals surface area (Å²) in [6, 6.07) is 7.24. The first kappa shape index (κ1) is 22.7. The lowest BCUT2D eigenvalue weighted by molar-refractivity contribution is -0.117. The number of rotatable bonds is 8. The molecule has 1 aliphatic carbocycles. The van der Waals surface area contributed by atoms with Crippen LogP contribution < -0.4 is 16.4 Å². The second-order valence-corrected chi connectivity index (χ2v) is 8.02. The average Bonchev–Trinajstić information content (AvgIpc) is 2.71. The van der Waals surface area contributed by atoms with Gasteiger partial charge in [-0.25, -0.2) is 4.99 Å². The summed E-state index contributed by atoms with van der Waals surface area (Å²) in [6.45, 7) is 6.64. The third-order valence-corrected chi connectivity index (χ3v) is 5.41. The van der Waals surface area contributed by atoms with Crippen LogP contribution in [0.15, 0.2) is 29.3 Å². The van der Waals surface area contributed by atoms with E-state index in [2.05, 4.69) is 36.4 Å². The van der Waals surface area contributed by atoms with Crippen molar-refractivity contribution in [1.82, 2.24) is 15.5 Å². The van der Waals surface area contributed by atoms with E-state index in [1.54, 1.807) is 12.1 Å². The minimum absolute atomic E-state index is 0.164. The molecule has 1 fully saturated rings. The summed E-state index contributed by atoms with van der Waals surface area (Å²) >= 11 is 0. The molecule has 0 spiro atoms. The molecule has 1 aromatic carbocycles. The highest BCUT2D eigenvalue weighted by atomic mass is 16.2. The fraction of sp³-hybridized carbons (Fsp3) is 0.591. The summed E-state index contributed by atoms with van der Waals surface area (Å²) in [5, 5.41) is 5.86. The lowest BCUT2D eigenvalue weighted by Gasteiger charge is -2.31. The number of primary amides is 1. The topological polar surface area (TPSA) is 99.8 Å². The number of benzene rings is 1. The van der Waals surface area contributed by atoms with Crippen molar-refractivity contribution in [2.45, 2.75) is 46.1 Å². The van der Waals surface area contributed by atoms with Gasteiger partial charge >= 0.3 is 0 Å². The molecular weight excluding hydrogens is 366 g/mol. The standard InChI is InChI=1S/C22H35N5O2/c1-4-24-22(27(3)15-18-7-5-16(2)6-8-18)26-13-17-9-11-19(12-10-17)21(29)25-14-20(23)28/h9-12,16,18H,4-8,13-15H2,1-3H3,(H2,23,28)(H,24,26)(H,25,29). The number of amides is 2. The Bertz CT molecular complexity index is 694. The number of nitrogens with one attached hydrogen (secondary N) is 2. The molecule has 0 aliphatic heterocycles. The number of aliphatic imine (C=N–C) groups is 1. The van der Waals surface area contributed by atoms with E-state index in [9.17, 15) is 9.59 Å². The van der Waals surface area contributed by atoms with E-state index in [0.29, 0.717) is 12.1 Å². The molecule has 2 amide bonds. The largest absolute Gasteiger partial charge is 0.368 e. The van der Waals surface area contributed by atoms with Gasteiger partial charge in [0.15, 0.2) is 5.96 Å². The highest BCUT2D eigenvalue weighted by molar-refractivity contribution is 5.96. The zero-order valence-corrected chi connectivity index (χ0v) is 17.9. The number of carbonyl (C=O) groups excluding carboxylic acids is 2. The van der Waals surface area contributed by atoms with Crippen LogP contribution in [0, 0.1) is 11.8 Å². The number of nitrogens with zero attached hydrogens (tertiary/aromatic N) is 2. The van der Waals surface area contributed by atoms with Crippen molar-refractivity contribution in [2.24, 2.45) is 22.6 Å². The van der Waals surface area contributed by atoms with Crippen LogP contribution >= 0.6 is 0 Å². The Morgan fingerprint density at radius 3 is 2.38 bits per heavy atom. The summed E-state index contributed by atoms with van der Waals surface area (Å²) in [5.74, 6) is 1.63. The van der Waals surface area contributed by atoms with E-state index < -0.39 is 5.91 Å². The Balaban J connectivity index is 1.93. The van der Waals surface area contributed by atoms with Crippen molar-refractivity contribution in [3.8, 4) is 0 Å². The Morgan fingerprint density at radius 2 is 1.79 bits per heavy atom. The monoisotopic (exact) mass is 401 g/mol. The molecule has 0 heterocycles. The van der Waals surface area contributed by atoms with Gasteiger partial charge in [-0.2, -0.15) is 0 Å². The maximum absolute atomic E-state index is 11.9. The molecular formula is C22H35N5O2. The van der Waals surface area contributed by atoms with Crippen LogP contribution in [-0.4, -0.2) is 49.4 Å². The maximum Gasteiger partial charge on any atom is 0.251 e. The molecule has 1 saturated carbocycles. The minimum atomic E-state index is -0.563. The quantitative estimate of drug-likeness (QED) is 0.459. The lowest BCUT2D eigenvalue weighted by Crippen LogP contribution is -2.41. The number of nitrogens with two attached hydrogens (primary N) is 1. The molecule has 1 aromatic rings. The lowest BCUT2D eigenvalue weighted by atomic mass is 9.83. The zero-order valence-electron chi connectivity index (χ0n) is 17.9. The second-order valence-electron chi connectivity index (χ2n) is 8.02. The van der Waals surface area contributed by atoms with Crippen molar-refractivity contribution >= 4 is 17.8 Å². The molecule has 0 saturated heterocycles. The van der Waals surface area contributed by atoms with Gasteiger partial charge in [0.25, 0.3) is 5.91 Å². The van der Waals surface area contributed by atoms with E-state index in [-0.39, 0.29) is 12.5 Å². The predicted molar refractivity (Wildman–Crippen MR) is 117 cm³/mol. The number of carbonyl (C=O) groups is 2. The van der Waals surface area contributed by atoms with Gasteiger partial charge < -0.3 is 21.3 Å². The van der Waals surface area contributed by atoms with Crippen LogP contribution in [0.2, 0.25) is 0 Å². The Labute approximate surface area is 174 Å². The molecule has 1 aliphatic rings. The van der Waals surface area contributed by atoms with E-state index in [1.165, 1.54) is 25.7 Å². The first-order valence-corrected chi connectivity index (χ1v) is 10.5. The molecule has 7 nitrogen and oxygen atoms in total. The van der Waals surface area contributed by atoms with Crippen LogP contribution in [0.25, 0.3) is 0 Å². The Kier molecular flexibility index (Phi) is 8.96. The fourth-order valence-corrected chi connectivity index (χ4v) is 3.65. The van der Waals surface area contributed by atoms with E-state index in [1.807, 2.05) is 12.1 Å². The van der Waals surface area contributed by atoms with Crippen LogP contribution in [0.3, 0.4) is 0 Å². The normalized spacial score (nSPS) is 19.5. The molecule has 0 bridgehead atoms.